The number of fused-ring (bicyclic) bond motifs is 4. The zero-order valence-electron chi connectivity index (χ0n) is 19.6. The lowest BCUT2D eigenvalue weighted by atomic mass is 9.61. The summed E-state index contributed by atoms with van der Waals surface area (Å²) < 4.78 is 46.7. The van der Waals surface area contributed by atoms with E-state index in [1.807, 2.05) is 0 Å². The highest BCUT2D eigenvalue weighted by Crippen LogP contribution is 2.47. The Hall–Kier alpha value is -3.05. The van der Waals surface area contributed by atoms with E-state index in [0.717, 1.165) is 12.3 Å². The molecule has 1 aromatic carbocycles. The van der Waals surface area contributed by atoms with Crippen molar-refractivity contribution in [2.24, 2.45) is 0 Å². The standard InChI is InChI=1S/C25H25ClF3N3O5/c26-14-1-4-19-16(11-14)18(33)12-20(36-19)22(35)32-24-8-5-23(6-9-24,7-10-24)31-21(34)17-3-2-15(13-30-17)37-25(27,28)29/h1-4,11,13,18,20,33H,5-10,12H2,(H,31,34)(H,32,35)/t18-,20-,23?,24?/m0/s1. The minimum absolute atomic E-state index is 0.00538. The highest BCUT2D eigenvalue weighted by Gasteiger charge is 2.51. The average Bonchev–Trinajstić information content (AvgIpc) is 2.85. The first-order valence-electron chi connectivity index (χ1n) is 12.0. The van der Waals surface area contributed by atoms with Crippen LogP contribution in [0.15, 0.2) is 36.5 Å². The Bertz CT molecular complexity index is 1180. The number of ether oxygens (including phenoxy) is 2. The average molecular weight is 540 g/mol. The molecule has 3 N–H and O–H groups in total. The van der Waals surface area contributed by atoms with Crippen molar-refractivity contribution in [3.05, 3.63) is 52.8 Å². The summed E-state index contributed by atoms with van der Waals surface area (Å²) in [6.45, 7) is 0. The third-order valence-corrected chi connectivity index (χ3v) is 7.78. The molecule has 198 valence electrons. The summed E-state index contributed by atoms with van der Waals surface area (Å²) in [5.41, 5.74) is -0.341. The first-order valence-corrected chi connectivity index (χ1v) is 12.3. The molecule has 2 aromatic rings. The molecule has 4 aliphatic rings. The lowest BCUT2D eigenvalue weighted by molar-refractivity contribution is -0.274. The number of nitrogens with one attached hydrogen (secondary N) is 2. The molecule has 0 radical (unpaired) electrons. The van der Waals surface area contributed by atoms with Crippen LogP contribution in [-0.2, 0) is 4.79 Å². The van der Waals surface area contributed by atoms with Gasteiger partial charge in [-0.25, -0.2) is 4.98 Å². The quantitative estimate of drug-likeness (QED) is 0.525. The first-order chi connectivity index (χ1) is 17.4. The molecule has 37 heavy (non-hydrogen) atoms. The van der Waals surface area contributed by atoms with Gasteiger partial charge in [0.1, 0.15) is 17.2 Å². The van der Waals surface area contributed by atoms with E-state index >= 15 is 0 Å². The number of carbonyl (C=O) groups excluding carboxylic acids is 2. The van der Waals surface area contributed by atoms with Crippen molar-refractivity contribution >= 4 is 23.4 Å². The lowest BCUT2D eigenvalue weighted by Crippen LogP contribution is -2.65. The largest absolute Gasteiger partial charge is 0.573 e. The topological polar surface area (TPSA) is 110 Å². The third kappa shape index (κ3) is 5.47. The molecule has 3 fully saturated rings. The highest BCUT2D eigenvalue weighted by molar-refractivity contribution is 6.30. The number of aliphatic hydroxyl groups excluding tert-OH is 1. The molecule has 1 aliphatic heterocycles. The fourth-order valence-electron chi connectivity index (χ4n) is 5.49. The Kier molecular flexibility index (Phi) is 6.47. The third-order valence-electron chi connectivity index (χ3n) is 7.55. The van der Waals surface area contributed by atoms with Gasteiger partial charge in [0.2, 0.25) is 0 Å². The SMILES string of the molecule is O=C(NC12CCC(NC(=O)[C@@H]3C[C@H](O)c4cc(Cl)ccc4O3)(CC1)CC2)c1ccc(OC(F)(F)F)cn1. The summed E-state index contributed by atoms with van der Waals surface area (Å²) in [6, 6.07) is 7.15. The maximum absolute atomic E-state index is 13.1. The zero-order valence-corrected chi connectivity index (χ0v) is 20.4. The van der Waals surface area contributed by atoms with Gasteiger partial charge in [0.05, 0.1) is 12.3 Å². The summed E-state index contributed by atoms with van der Waals surface area (Å²) in [4.78, 5) is 29.7. The molecule has 3 saturated carbocycles. The molecule has 2 atom stereocenters. The Morgan fingerprint density at radius 2 is 1.70 bits per heavy atom. The molecule has 1 aromatic heterocycles. The minimum atomic E-state index is -4.84. The van der Waals surface area contributed by atoms with Gasteiger partial charge in [-0.3, -0.25) is 9.59 Å². The van der Waals surface area contributed by atoms with Gasteiger partial charge in [0, 0.05) is 28.1 Å². The van der Waals surface area contributed by atoms with Crippen LogP contribution >= 0.6 is 11.6 Å². The van der Waals surface area contributed by atoms with E-state index in [9.17, 15) is 27.9 Å². The molecule has 8 nitrogen and oxygen atoms in total. The Morgan fingerprint density at radius 3 is 2.30 bits per heavy atom. The van der Waals surface area contributed by atoms with E-state index in [4.69, 9.17) is 16.3 Å². The van der Waals surface area contributed by atoms with Crippen LogP contribution in [0.5, 0.6) is 11.5 Å². The Morgan fingerprint density at radius 1 is 1.05 bits per heavy atom. The van der Waals surface area contributed by atoms with E-state index in [1.165, 1.54) is 6.07 Å². The summed E-state index contributed by atoms with van der Waals surface area (Å²) >= 11 is 6.00. The van der Waals surface area contributed by atoms with Gasteiger partial charge in [0.15, 0.2) is 6.10 Å². The second-order valence-electron chi connectivity index (χ2n) is 9.97. The lowest BCUT2D eigenvalue weighted by Gasteiger charge is -2.54. The molecule has 0 spiro atoms. The van der Waals surface area contributed by atoms with Crippen molar-refractivity contribution in [1.29, 1.82) is 0 Å². The van der Waals surface area contributed by atoms with Crippen LogP contribution in [0.1, 0.15) is 67.1 Å². The fourth-order valence-corrected chi connectivity index (χ4v) is 5.68. The van der Waals surface area contributed by atoms with Gasteiger partial charge in [-0.05, 0) is 68.9 Å². The van der Waals surface area contributed by atoms with Crippen LogP contribution in [-0.4, -0.2) is 45.4 Å². The molecule has 2 heterocycles. The molecule has 12 heteroatoms. The maximum Gasteiger partial charge on any atom is 0.573 e. The van der Waals surface area contributed by atoms with Gasteiger partial charge in [0.25, 0.3) is 11.8 Å². The van der Waals surface area contributed by atoms with Crippen LogP contribution in [0.25, 0.3) is 0 Å². The van der Waals surface area contributed by atoms with E-state index in [0.29, 0.717) is 54.9 Å². The number of nitrogens with zero attached hydrogens (tertiary/aromatic N) is 1. The highest BCUT2D eigenvalue weighted by atomic mass is 35.5. The first kappa shape index (κ1) is 25.6. The van der Waals surface area contributed by atoms with E-state index in [-0.39, 0.29) is 18.0 Å². The van der Waals surface area contributed by atoms with Gasteiger partial charge in [-0.2, -0.15) is 0 Å². The second kappa shape index (κ2) is 9.36. The van der Waals surface area contributed by atoms with Crippen LogP contribution in [0.4, 0.5) is 13.2 Å². The molecular formula is C25H25ClF3N3O5. The van der Waals surface area contributed by atoms with E-state index in [1.54, 1.807) is 18.2 Å². The normalized spacial score (nSPS) is 28.6. The Labute approximate surface area is 215 Å². The molecular weight excluding hydrogens is 515 g/mol. The minimum Gasteiger partial charge on any atom is -0.480 e. The van der Waals surface area contributed by atoms with Crippen LogP contribution in [0, 0.1) is 0 Å². The molecule has 0 saturated heterocycles. The number of aromatic nitrogens is 1. The monoisotopic (exact) mass is 539 g/mol. The molecule has 0 unspecified atom stereocenters. The predicted octanol–water partition coefficient (Wildman–Crippen LogP) is 4.21. The fraction of sp³-hybridized carbons (Fsp3) is 0.480. The summed E-state index contributed by atoms with van der Waals surface area (Å²) in [6.07, 6.45) is -1.73. The number of hydrogen-bond acceptors (Lipinski definition) is 6. The number of hydrogen-bond donors (Lipinski definition) is 3. The zero-order chi connectivity index (χ0) is 26.4. The van der Waals surface area contributed by atoms with Crippen LogP contribution in [0.2, 0.25) is 5.02 Å². The van der Waals surface area contributed by atoms with E-state index in [2.05, 4.69) is 20.4 Å². The number of alkyl halides is 3. The molecule has 2 bridgehead atoms. The van der Waals surface area contributed by atoms with E-state index < -0.39 is 41.3 Å². The van der Waals surface area contributed by atoms with Crippen molar-refractivity contribution in [3.63, 3.8) is 0 Å². The predicted molar refractivity (Wildman–Crippen MR) is 125 cm³/mol. The van der Waals surface area contributed by atoms with Crippen LogP contribution < -0.4 is 20.1 Å². The number of aliphatic hydroxyl groups is 1. The summed E-state index contributed by atoms with van der Waals surface area (Å²) in [5.74, 6) is -0.829. The Balaban J connectivity index is 1.17. The van der Waals surface area contributed by atoms with Crippen molar-refractivity contribution in [1.82, 2.24) is 15.6 Å². The van der Waals surface area contributed by atoms with Crippen molar-refractivity contribution in [2.45, 2.75) is 74.6 Å². The van der Waals surface area contributed by atoms with Gasteiger partial charge >= 0.3 is 6.36 Å². The number of amides is 2. The molecule has 2 amide bonds. The summed E-state index contributed by atoms with van der Waals surface area (Å²) in [5, 5.41) is 17.1. The molecule has 6 rings (SSSR count). The van der Waals surface area contributed by atoms with Crippen molar-refractivity contribution in [2.75, 3.05) is 0 Å². The number of benzene rings is 1. The number of rotatable bonds is 5. The van der Waals surface area contributed by atoms with Crippen molar-refractivity contribution in [3.8, 4) is 11.5 Å². The van der Waals surface area contributed by atoms with Gasteiger partial charge < -0.3 is 25.2 Å². The smallest absolute Gasteiger partial charge is 0.480 e. The number of pyridine rings is 1. The van der Waals surface area contributed by atoms with Gasteiger partial charge in [-0.1, -0.05) is 11.6 Å². The second-order valence-corrected chi connectivity index (χ2v) is 10.4. The molecule has 3 aliphatic carbocycles. The maximum atomic E-state index is 13.1. The van der Waals surface area contributed by atoms with Gasteiger partial charge in [-0.15, -0.1) is 13.2 Å². The number of halogens is 4. The van der Waals surface area contributed by atoms with Crippen molar-refractivity contribution < 1.29 is 37.3 Å². The number of carbonyl (C=O) groups is 2. The summed E-state index contributed by atoms with van der Waals surface area (Å²) in [7, 11) is 0. The van der Waals surface area contributed by atoms with Crippen LogP contribution in [0.3, 0.4) is 0 Å².